The number of aromatic carboxylic acids is 1. The molecule has 0 fully saturated rings. The first-order chi connectivity index (χ1) is 8.86. The van der Waals surface area contributed by atoms with Crippen LogP contribution in [0.15, 0.2) is 12.3 Å². The van der Waals surface area contributed by atoms with Crippen molar-refractivity contribution in [3.63, 3.8) is 0 Å². The van der Waals surface area contributed by atoms with Crippen molar-refractivity contribution in [1.82, 2.24) is 4.98 Å². The standard InChI is InChI=1S/C12H17N3O4/c1-4-7(2)8(3)14-11-5-9(12(16)17)10(6-13-11)15(18)19/h5-8H,4H2,1-3H3,(H,13,14)(H,16,17). The van der Waals surface area contributed by atoms with Gasteiger partial charge < -0.3 is 10.4 Å². The number of aromatic nitrogens is 1. The number of rotatable bonds is 6. The molecule has 0 aromatic carbocycles. The van der Waals surface area contributed by atoms with Gasteiger partial charge in [-0.2, -0.15) is 0 Å². The molecule has 104 valence electrons. The van der Waals surface area contributed by atoms with Crippen LogP contribution in [0.1, 0.15) is 37.6 Å². The first kappa shape index (κ1) is 14.9. The maximum Gasteiger partial charge on any atom is 0.342 e. The first-order valence-electron chi connectivity index (χ1n) is 6.01. The third kappa shape index (κ3) is 3.64. The van der Waals surface area contributed by atoms with Crippen LogP contribution in [0.3, 0.4) is 0 Å². The second kappa shape index (κ2) is 6.12. The van der Waals surface area contributed by atoms with E-state index in [1.54, 1.807) is 0 Å². The van der Waals surface area contributed by atoms with E-state index in [0.29, 0.717) is 11.7 Å². The van der Waals surface area contributed by atoms with Crippen LogP contribution in [-0.2, 0) is 0 Å². The summed E-state index contributed by atoms with van der Waals surface area (Å²) in [5, 5.41) is 22.7. The molecule has 7 heteroatoms. The summed E-state index contributed by atoms with van der Waals surface area (Å²) < 4.78 is 0. The zero-order valence-electron chi connectivity index (χ0n) is 11.1. The number of carboxylic acid groups (broad SMARTS) is 1. The van der Waals surface area contributed by atoms with Gasteiger partial charge in [0, 0.05) is 12.1 Å². The maximum atomic E-state index is 11.0. The highest BCUT2D eigenvalue weighted by atomic mass is 16.6. The first-order valence-corrected chi connectivity index (χ1v) is 6.01. The van der Waals surface area contributed by atoms with Crippen LogP contribution in [0.5, 0.6) is 0 Å². The molecule has 0 aliphatic rings. The summed E-state index contributed by atoms with van der Waals surface area (Å²) in [7, 11) is 0. The van der Waals surface area contributed by atoms with Crippen molar-refractivity contribution >= 4 is 17.5 Å². The van der Waals surface area contributed by atoms with Crippen LogP contribution in [0.25, 0.3) is 0 Å². The van der Waals surface area contributed by atoms with E-state index < -0.39 is 16.6 Å². The fourth-order valence-corrected chi connectivity index (χ4v) is 1.57. The van der Waals surface area contributed by atoms with Crippen molar-refractivity contribution in [1.29, 1.82) is 0 Å². The average Bonchev–Trinajstić information content (AvgIpc) is 2.37. The fourth-order valence-electron chi connectivity index (χ4n) is 1.57. The fraction of sp³-hybridized carbons (Fsp3) is 0.500. The molecule has 1 aromatic rings. The van der Waals surface area contributed by atoms with Crippen LogP contribution < -0.4 is 5.32 Å². The summed E-state index contributed by atoms with van der Waals surface area (Å²) >= 11 is 0. The Kier molecular flexibility index (Phi) is 4.80. The molecule has 0 spiro atoms. The summed E-state index contributed by atoms with van der Waals surface area (Å²) in [5.74, 6) is -0.630. The molecule has 7 nitrogen and oxygen atoms in total. The molecule has 2 atom stereocenters. The summed E-state index contributed by atoms with van der Waals surface area (Å²) in [5.41, 5.74) is -0.868. The highest BCUT2D eigenvalue weighted by Gasteiger charge is 2.21. The lowest BCUT2D eigenvalue weighted by Crippen LogP contribution is -2.24. The van der Waals surface area contributed by atoms with Gasteiger partial charge in [-0.15, -0.1) is 0 Å². The smallest absolute Gasteiger partial charge is 0.342 e. The second-order valence-electron chi connectivity index (χ2n) is 4.47. The van der Waals surface area contributed by atoms with E-state index in [0.717, 1.165) is 12.6 Å². The van der Waals surface area contributed by atoms with Gasteiger partial charge in [-0.1, -0.05) is 20.3 Å². The number of carbonyl (C=O) groups is 1. The summed E-state index contributed by atoms with van der Waals surface area (Å²) in [4.78, 5) is 24.8. The molecule has 2 unspecified atom stereocenters. The minimum atomic E-state index is -1.34. The summed E-state index contributed by atoms with van der Waals surface area (Å²) in [6.07, 6.45) is 1.93. The van der Waals surface area contributed by atoms with Gasteiger partial charge in [-0.3, -0.25) is 10.1 Å². The Balaban J connectivity index is 3.02. The zero-order valence-corrected chi connectivity index (χ0v) is 11.1. The minimum Gasteiger partial charge on any atom is -0.477 e. The number of anilines is 1. The van der Waals surface area contributed by atoms with Crippen LogP contribution in [0, 0.1) is 16.0 Å². The van der Waals surface area contributed by atoms with Crippen molar-refractivity contribution in [2.75, 3.05) is 5.32 Å². The lowest BCUT2D eigenvalue weighted by Gasteiger charge is -2.20. The quantitative estimate of drug-likeness (QED) is 0.606. The van der Waals surface area contributed by atoms with E-state index in [2.05, 4.69) is 24.1 Å². The van der Waals surface area contributed by atoms with Gasteiger partial charge in [0.2, 0.25) is 0 Å². The Morgan fingerprint density at radius 3 is 2.68 bits per heavy atom. The Labute approximate surface area is 110 Å². The topological polar surface area (TPSA) is 105 Å². The number of nitrogens with one attached hydrogen (secondary N) is 1. The predicted octanol–water partition coefficient (Wildman–Crippen LogP) is 2.53. The van der Waals surface area contributed by atoms with E-state index in [1.165, 1.54) is 6.07 Å². The predicted molar refractivity (Wildman–Crippen MR) is 70.4 cm³/mol. The van der Waals surface area contributed by atoms with Gasteiger partial charge in [0.25, 0.3) is 0 Å². The molecule has 0 saturated carbocycles. The third-order valence-electron chi connectivity index (χ3n) is 3.18. The Morgan fingerprint density at radius 2 is 2.21 bits per heavy atom. The van der Waals surface area contributed by atoms with Gasteiger partial charge in [0.05, 0.1) is 4.92 Å². The lowest BCUT2D eigenvalue weighted by molar-refractivity contribution is -0.385. The molecule has 0 aliphatic carbocycles. The van der Waals surface area contributed by atoms with Gasteiger partial charge in [-0.25, -0.2) is 9.78 Å². The number of hydrogen-bond acceptors (Lipinski definition) is 5. The monoisotopic (exact) mass is 267 g/mol. The lowest BCUT2D eigenvalue weighted by atomic mass is 10.0. The van der Waals surface area contributed by atoms with E-state index in [-0.39, 0.29) is 11.6 Å². The van der Waals surface area contributed by atoms with Crippen LogP contribution >= 0.6 is 0 Å². The SMILES string of the molecule is CCC(C)C(C)Nc1cc(C(=O)O)c([N+](=O)[O-])cn1. The molecule has 1 heterocycles. The highest BCUT2D eigenvalue weighted by Crippen LogP contribution is 2.21. The molecule has 0 aliphatic heterocycles. The molecule has 0 saturated heterocycles. The maximum absolute atomic E-state index is 11.0. The summed E-state index contributed by atoms with van der Waals surface area (Å²) in [6, 6.07) is 1.29. The average molecular weight is 267 g/mol. The van der Waals surface area contributed by atoms with E-state index >= 15 is 0 Å². The highest BCUT2D eigenvalue weighted by molar-refractivity contribution is 5.93. The molecule has 1 aromatic heterocycles. The number of carboxylic acids is 1. The largest absolute Gasteiger partial charge is 0.477 e. The van der Waals surface area contributed by atoms with Crippen molar-refractivity contribution < 1.29 is 14.8 Å². The van der Waals surface area contributed by atoms with Gasteiger partial charge in [0.15, 0.2) is 0 Å². The van der Waals surface area contributed by atoms with Gasteiger partial charge in [-0.05, 0) is 12.8 Å². The number of nitrogens with zero attached hydrogens (tertiary/aromatic N) is 2. The van der Waals surface area contributed by atoms with E-state index in [1.807, 2.05) is 6.92 Å². The third-order valence-corrected chi connectivity index (χ3v) is 3.18. The van der Waals surface area contributed by atoms with Gasteiger partial charge in [0.1, 0.15) is 17.6 Å². The van der Waals surface area contributed by atoms with Crippen LogP contribution in [0.2, 0.25) is 0 Å². The Hall–Kier alpha value is -2.18. The molecule has 1 rings (SSSR count). The number of pyridine rings is 1. The van der Waals surface area contributed by atoms with Crippen LogP contribution in [0.4, 0.5) is 11.5 Å². The molecule has 0 radical (unpaired) electrons. The Morgan fingerprint density at radius 1 is 1.58 bits per heavy atom. The van der Waals surface area contributed by atoms with Gasteiger partial charge >= 0.3 is 11.7 Å². The van der Waals surface area contributed by atoms with Crippen molar-refractivity contribution in [2.24, 2.45) is 5.92 Å². The van der Waals surface area contributed by atoms with Crippen molar-refractivity contribution in [3.05, 3.63) is 27.9 Å². The molecule has 19 heavy (non-hydrogen) atoms. The number of nitro groups is 1. The van der Waals surface area contributed by atoms with Crippen molar-refractivity contribution in [2.45, 2.75) is 33.2 Å². The van der Waals surface area contributed by atoms with E-state index in [9.17, 15) is 14.9 Å². The molecular weight excluding hydrogens is 250 g/mol. The molecule has 0 bridgehead atoms. The summed E-state index contributed by atoms with van der Waals surface area (Å²) in [6.45, 7) is 6.06. The molecular formula is C12H17N3O4. The van der Waals surface area contributed by atoms with E-state index in [4.69, 9.17) is 5.11 Å². The number of hydrogen-bond donors (Lipinski definition) is 2. The normalized spacial score (nSPS) is 13.6. The second-order valence-corrected chi connectivity index (χ2v) is 4.47. The minimum absolute atomic E-state index is 0.0978. The Bertz CT molecular complexity index is 490. The van der Waals surface area contributed by atoms with Crippen molar-refractivity contribution in [3.8, 4) is 0 Å². The van der Waals surface area contributed by atoms with Crippen LogP contribution in [-0.4, -0.2) is 27.0 Å². The zero-order chi connectivity index (χ0) is 14.6. The molecule has 0 amide bonds. The molecule has 2 N–H and O–H groups in total.